The van der Waals surface area contributed by atoms with Gasteiger partial charge in [0.05, 0.1) is 0 Å². The number of hydrogen-bond donors (Lipinski definition) is 1. The number of rotatable bonds is 3. The second-order valence-electron chi connectivity index (χ2n) is 6.62. The summed E-state index contributed by atoms with van der Waals surface area (Å²) in [5.41, 5.74) is 2.02. The van der Waals surface area contributed by atoms with Gasteiger partial charge in [-0.15, -0.1) is 0 Å². The van der Waals surface area contributed by atoms with Gasteiger partial charge in [-0.2, -0.15) is 0 Å². The van der Waals surface area contributed by atoms with Crippen molar-refractivity contribution in [2.24, 2.45) is 11.8 Å². The second-order valence-corrected chi connectivity index (χ2v) is 6.62. The molecule has 3 rings (SSSR count). The van der Waals surface area contributed by atoms with Crippen LogP contribution in [0.25, 0.3) is 0 Å². The van der Waals surface area contributed by atoms with Crippen molar-refractivity contribution in [2.45, 2.75) is 26.2 Å². The highest BCUT2D eigenvalue weighted by Gasteiger charge is 2.40. The first-order valence-electron chi connectivity index (χ1n) is 8.38. The van der Waals surface area contributed by atoms with Crippen LogP contribution in [-0.2, 0) is 9.59 Å². The van der Waals surface area contributed by atoms with E-state index in [-0.39, 0.29) is 18.4 Å². The molecule has 1 unspecified atom stereocenters. The van der Waals surface area contributed by atoms with Crippen molar-refractivity contribution in [2.75, 3.05) is 31.1 Å². The molecule has 1 atom stereocenters. The standard InChI is InChI=1S/C18H24N2O3/c1-13-2-4-15(5-3-13)20-11-8-16(18(20)23)17(22)19-9-6-14(12-21)7-10-19/h2-5,14,16,21H,6-12H2,1H3. The Morgan fingerprint density at radius 3 is 2.39 bits per heavy atom. The Hall–Kier alpha value is -1.88. The molecule has 0 aromatic heterocycles. The molecule has 5 heteroatoms. The summed E-state index contributed by atoms with van der Waals surface area (Å²) in [4.78, 5) is 28.8. The molecule has 1 aromatic rings. The van der Waals surface area contributed by atoms with Crippen LogP contribution in [0, 0.1) is 18.8 Å². The van der Waals surface area contributed by atoms with Gasteiger partial charge < -0.3 is 14.9 Å². The lowest BCUT2D eigenvalue weighted by Crippen LogP contribution is -2.44. The monoisotopic (exact) mass is 316 g/mol. The van der Waals surface area contributed by atoms with Crippen molar-refractivity contribution in [1.29, 1.82) is 0 Å². The molecule has 2 heterocycles. The van der Waals surface area contributed by atoms with E-state index in [2.05, 4.69) is 0 Å². The zero-order valence-electron chi connectivity index (χ0n) is 13.6. The Morgan fingerprint density at radius 2 is 1.78 bits per heavy atom. The van der Waals surface area contributed by atoms with Crippen LogP contribution in [-0.4, -0.2) is 48.1 Å². The molecule has 23 heavy (non-hydrogen) atoms. The van der Waals surface area contributed by atoms with Crippen molar-refractivity contribution in [3.8, 4) is 0 Å². The number of anilines is 1. The predicted molar refractivity (Wildman–Crippen MR) is 88.0 cm³/mol. The summed E-state index contributed by atoms with van der Waals surface area (Å²) in [6.07, 6.45) is 2.24. The quantitative estimate of drug-likeness (QED) is 0.861. The largest absolute Gasteiger partial charge is 0.396 e. The molecule has 5 nitrogen and oxygen atoms in total. The fourth-order valence-electron chi connectivity index (χ4n) is 3.45. The predicted octanol–water partition coefficient (Wildman–Crippen LogP) is 1.58. The SMILES string of the molecule is Cc1ccc(N2CCC(C(=O)N3CCC(CO)CC3)C2=O)cc1. The van der Waals surface area contributed by atoms with E-state index in [0.29, 0.717) is 32.0 Å². The topological polar surface area (TPSA) is 60.9 Å². The van der Waals surface area contributed by atoms with Gasteiger partial charge in [0.2, 0.25) is 11.8 Å². The molecule has 1 N–H and O–H groups in total. The van der Waals surface area contributed by atoms with Crippen LogP contribution in [0.4, 0.5) is 5.69 Å². The fourth-order valence-corrected chi connectivity index (χ4v) is 3.45. The van der Waals surface area contributed by atoms with Gasteiger partial charge in [0, 0.05) is 31.9 Å². The lowest BCUT2D eigenvalue weighted by molar-refractivity contribution is -0.141. The maximum absolute atomic E-state index is 12.7. The Kier molecular flexibility index (Phi) is 4.66. The van der Waals surface area contributed by atoms with E-state index in [0.717, 1.165) is 24.1 Å². The van der Waals surface area contributed by atoms with Crippen molar-refractivity contribution in [1.82, 2.24) is 4.90 Å². The first kappa shape index (κ1) is 16.0. The molecule has 2 aliphatic heterocycles. The fraction of sp³-hybridized carbons (Fsp3) is 0.556. The number of nitrogens with zero attached hydrogens (tertiary/aromatic N) is 2. The Morgan fingerprint density at radius 1 is 1.13 bits per heavy atom. The number of aliphatic hydroxyl groups is 1. The van der Waals surface area contributed by atoms with Gasteiger partial charge >= 0.3 is 0 Å². The second kappa shape index (κ2) is 6.71. The normalized spacial score (nSPS) is 22.7. The number of hydrogen-bond acceptors (Lipinski definition) is 3. The van der Waals surface area contributed by atoms with E-state index in [1.54, 1.807) is 9.80 Å². The third kappa shape index (κ3) is 3.24. The maximum atomic E-state index is 12.7. The molecule has 1 aromatic carbocycles. The molecule has 2 fully saturated rings. The van der Waals surface area contributed by atoms with Gasteiger partial charge in [0.15, 0.2) is 0 Å². The van der Waals surface area contributed by atoms with Gasteiger partial charge in [-0.05, 0) is 44.2 Å². The maximum Gasteiger partial charge on any atom is 0.239 e. The molecule has 124 valence electrons. The van der Waals surface area contributed by atoms with Crippen LogP contribution in [0.5, 0.6) is 0 Å². The van der Waals surface area contributed by atoms with Gasteiger partial charge in [0.1, 0.15) is 5.92 Å². The number of aliphatic hydroxyl groups excluding tert-OH is 1. The van der Waals surface area contributed by atoms with E-state index in [4.69, 9.17) is 0 Å². The molecule has 0 aliphatic carbocycles. The van der Waals surface area contributed by atoms with Crippen molar-refractivity contribution in [3.05, 3.63) is 29.8 Å². The number of carbonyl (C=O) groups is 2. The zero-order valence-corrected chi connectivity index (χ0v) is 13.6. The molecular weight excluding hydrogens is 292 g/mol. The van der Waals surface area contributed by atoms with Crippen molar-refractivity contribution in [3.63, 3.8) is 0 Å². The summed E-state index contributed by atoms with van der Waals surface area (Å²) in [5, 5.41) is 9.19. The molecule has 0 radical (unpaired) electrons. The van der Waals surface area contributed by atoms with E-state index in [1.807, 2.05) is 31.2 Å². The van der Waals surface area contributed by atoms with Crippen LogP contribution >= 0.6 is 0 Å². The minimum atomic E-state index is -0.540. The Balaban J connectivity index is 1.64. The minimum absolute atomic E-state index is 0.0407. The van der Waals surface area contributed by atoms with Gasteiger partial charge in [-0.25, -0.2) is 0 Å². The van der Waals surface area contributed by atoms with E-state index in [1.165, 1.54) is 0 Å². The molecule has 2 amide bonds. The summed E-state index contributed by atoms with van der Waals surface area (Å²) in [6, 6.07) is 7.84. The number of aryl methyl sites for hydroxylation is 1. The molecule has 0 bridgehead atoms. The van der Waals surface area contributed by atoms with Crippen LogP contribution in [0.3, 0.4) is 0 Å². The number of likely N-dealkylation sites (tertiary alicyclic amines) is 1. The molecule has 0 spiro atoms. The molecule has 2 saturated heterocycles. The number of carbonyl (C=O) groups excluding carboxylic acids is 2. The average molecular weight is 316 g/mol. The van der Waals surface area contributed by atoms with E-state index >= 15 is 0 Å². The Bertz CT molecular complexity index is 576. The summed E-state index contributed by atoms with van der Waals surface area (Å²) in [6.45, 7) is 4.10. The van der Waals surface area contributed by atoms with Gasteiger partial charge in [-0.1, -0.05) is 17.7 Å². The summed E-state index contributed by atoms with van der Waals surface area (Å²) < 4.78 is 0. The van der Waals surface area contributed by atoms with Crippen LogP contribution in [0.2, 0.25) is 0 Å². The van der Waals surface area contributed by atoms with Crippen LogP contribution in [0.15, 0.2) is 24.3 Å². The summed E-state index contributed by atoms with van der Waals surface area (Å²) in [5.74, 6) is -0.367. The van der Waals surface area contributed by atoms with Crippen molar-refractivity contribution < 1.29 is 14.7 Å². The van der Waals surface area contributed by atoms with E-state index in [9.17, 15) is 14.7 Å². The molecule has 2 aliphatic rings. The van der Waals surface area contributed by atoms with Crippen molar-refractivity contribution >= 4 is 17.5 Å². The highest BCUT2D eigenvalue weighted by molar-refractivity contribution is 6.09. The minimum Gasteiger partial charge on any atom is -0.396 e. The molecule has 0 saturated carbocycles. The zero-order chi connectivity index (χ0) is 16.4. The first-order chi connectivity index (χ1) is 11.1. The number of amides is 2. The third-order valence-electron chi connectivity index (χ3n) is 5.03. The highest BCUT2D eigenvalue weighted by Crippen LogP contribution is 2.28. The van der Waals surface area contributed by atoms with E-state index < -0.39 is 5.92 Å². The number of piperidine rings is 1. The van der Waals surface area contributed by atoms with Gasteiger partial charge in [-0.3, -0.25) is 9.59 Å². The summed E-state index contributed by atoms with van der Waals surface area (Å²) >= 11 is 0. The molecular formula is C18H24N2O3. The number of benzene rings is 1. The lowest BCUT2D eigenvalue weighted by Gasteiger charge is -2.32. The average Bonchev–Trinajstić information content (AvgIpc) is 2.96. The Labute approximate surface area is 136 Å². The van der Waals surface area contributed by atoms with Crippen LogP contribution < -0.4 is 4.90 Å². The third-order valence-corrected chi connectivity index (χ3v) is 5.03. The summed E-state index contributed by atoms with van der Waals surface area (Å²) in [7, 11) is 0. The first-order valence-corrected chi connectivity index (χ1v) is 8.38. The highest BCUT2D eigenvalue weighted by atomic mass is 16.3. The smallest absolute Gasteiger partial charge is 0.239 e. The van der Waals surface area contributed by atoms with Gasteiger partial charge in [0.25, 0.3) is 0 Å². The van der Waals surface area contributed by atoms with Crippen LogP contribution in [0.1, 0.15) is 24.8 Å². The lowest BCUT2D eigenvalue weighted by atomic mass is 9.96.